The van der Waals surface area contributed by atoms with Gasteiger partial charge in [0.2, 0.25) is 0 Å². The number of alkyl halides is 2. The predicted molar refractivity (Wildman–Crippen MR) is 169 cm³/mol. The molecule has 11 heteroatoms. The average molecular weight is 635 g/mol. The molecule has 2 heterocycles. The Morgan fingerprint density at radius 2 is 1.69 bits per heavy atom. The van der Waals surface area contributed by atoms with Crippen molar-refractivity contribution >= 4 is 52.0 Å². The van der Waals surface area contributed by atoms with E-state index in [2.05, 4.69) is 21.7 Å². The highest BCUT2D eigenvalue weighted by molar-refractivity contribution is 8.00. The molecule has 4 aromatic rings. The van der Waals surface area contributed by atoms with E-state index in [0.717, 1.165) is 13.0 Å². The lowest BCUT2D eigenvalue weighted by Crippen LogP contribution is -2.20. The summed E-state index contributed by atoms with van der Waals surface area (Å²) in [6.07, 6.45) is 4.06. The minimum atomic E-state index is -3.05. The smallest absolute Gasteiger partial charge is 0.264 e. The summed E-state index contributed by atoms with van der Waals surface area (Å²) in [6, 6.07) is 10.5. The highest BCUT2D eigenvalue weighted by Crippen LogP contribution is 2.41. The van der Waals surface area contributed by atoms with E-state index in [0.29, 0.717) is 49.8 Å². The number of thioether (sulfide) groups is 1. The van der Waals surface area contributed by atoms with Crippen LogP contribution in [0.4, 0.5) is 23.4 Å². The van der Waals surface area contributed by atoms with Gasteiger partial charge in [0, 0.05) is 36.3 Å². The molecule has 1 unspecified atom stereocenters. The van der Waals surface area contributed by atoms with E-state index >= 15 is 0 Å². The second-order valence-electron chi connectivity index (χ2n) is 10.7. The van der Waals surface area contributed by atoms with Crippen molar-refractivity contribution in [2.24, 2.45) is 0 Å². The maximum atomic E-state index is 14.3. The van der Waals surface area contributed by atoms with Crippen molar-refractivity contribution in [3.63, 3.8) is 0 Å². The van der Waals surface area contributed by atoms with E-state index in [1.54, 1.807) is 36.2 Å². The molecule has 0 spiro atoms. The van der Waals surface area contributed by atoms with Crippen molar-refractivity contribution in [3.8, 4) is 23.0 Å². The first-order valence-electron chi connectivity index (χ1n) is 13.1. The molecule has 1 atom stereocenters. The van der Waals surface area contributed by atoms with Crippen LogP contribution in [0.5, 0.6) is 0 Å². The van der Waals surface area contributed by atoms with Gasteiger partial charge in [-0.15, -0.1) is 11.8 Å². The summed E-state index contributed by atoms with van der Waals surface area (Å²) < 4.78 is 60.7. The fraction of sp³-hybridized carbons (Fsp3) is 0.355. The number of benzene rings is 2. The van der Waals surface area contributed by atoms with Crippen LogP contribution >= 0.6 is 35.3 Å². The molecule has 0 aliphatic heterocycles. The van der Waals surface area contributed by atoms with E-state index in [9.17, 15) is 17.6 Å². The molecule has 1 N–H and O–H groups in total. The third kappa shape index (κ3) is 7.55. The van der Waals surface area contributed by atoms with E-state index in [1.165, 1.54) is 28.8 Å². The van der Waals surface area contributed by atoms with Crippen molar-refractivity contribution in [3.05, 3.63) is 76.1 Å². The Labute approximate surface area is 257 Å². The Balaban J connectivity index is 1.96. The minimum absolute atomic E-state index is 0.282. The Kier molecular flexibility index (Phi) is 9.75. The molecule has 0 aliphatic carbocycles. The first-order valence-corrected chi connectivity index (χ1v) is 15.9. The lowest BCUT2D eigenvalue weighted by atomic mass is 9.90. The lowest BCUT2D eigenvalue weighted by molar-refractivity contribution is 0.00193. The van der Waals surface area contributed by atoms with E-state index in [1.807, 2.05) is 33.1 Å². The number of hydrogen-bond donors (Lipinski definition) is 1. The van der Waals surface area contributed by atoms with Gasteiger partial charge in [0.25, 0.3) is 5.92 Å². The van der Waals surface area contributed by atoms with Gasteiger partial charge in [-0.25, -0.2) is 22.5 Å². The third-order valence-electron chi connectivity index (χ3n) is 6.62. The zero-order valence-corrected chi connectivity index (χ0v) is 26.5. The van der Waals surface area contributed by atoms with Crippen LogP contribution in [-0.4, -0.2) is 37.9 Å². The average Bonchev–Trinajstić information content (AvgIpc) is 3.24. The zero-order chi connectivity index (χ0) is 30.8. The lowest BCUT2D eigenvalue weighted by Gasteiger charge is -2.19. The van der Waals surface area contributed by atoms with Gasteiger partial charge in [-0.3, -0.25) is 4.68 Å². The molecule has 0 amide bonds. The van der Waals surface area contributed by atoms with Crippen molar-refractivity contribution in [2.75, 3.05) is 17.2 Å². The van der Waals surface area contributed by atoms with Crippen LogP contribution < -0.4 is 4.72 Å². The highest BCUT2D eigenvalue weighted by atomic mass is 35.5. The van der Waals surface area contributed by atoms with Crippen LogP contribution in [0.1, 0.15) is 50.6 Å². The van der Waals surface area contributed by atoms with Crippen LogP contribution in [0.15, 0.2) is 42.5 Å². The molecule has 0 radical (unpaired) electrons. The molecule has 222 valence electrons. The van der Waals surface area contributed by atoms with Gasteiger partial charge in [-0.1, -0.05) is 42.5 Å². The topological polar surface area (TPSA) is 42.7 Å². The number of nitrogens with zero attached hydrogens (tertiary/aromatic N) is 3. The predicted octanol–water partition coefficient (Wildman–Crippen LogP) is 9.21. The SMILES string of the molecule is CSNc1nn(CC(C)(F)F)c2c(-c3ccc(C#CC(C)(C)SC)nc3C(C)Cc3cc(F)cc(F)c3)ccc(Cl)c12. The van der Waals surface area contributed by atoms with Gasteiger partial charge in [0.05, 0.1) is 26.4 Å². The first kappa shape index (κ1) is 32.1. The summed E-state index contributed by atoms with van der Waals surface area (Å²) in [4.78, 5) is 4.90. The Morgan fingerprint density at radius 1 is 1.02 bits per heavy atom. The van der Waals surface area contributed by atoms with E-state index in [4.69, 9.17) is 16.6 Å². The van der Waals surface area contributed by atoms with E-state index < -0.39 is 24.1 Å². The number of anilines is 1. The van der Waals surface area contributed by atoms with Gasteiger partial charge >= 0.3 is 0 Å². The second-order valence-corrected chi connectivity index (χ2v) is 13.1. The fourth-order valence-electron chi connectivity index (χ4n) is 4.64. The third-order valence-corrected chi connectivity index (χ3v) is 8.45. The molecular formula is C31H31ClF4N4S2. The molecule has 4 nitrogen and oxygen atoms in total. The van der Waals surface area contributed by atoms with Crippen molar-refractivity contribution < 1.29 is 17.6 Å². The maximum Gasteiger partial charge on any atom is 0.264 e. The minimum Gasteiger partial charge on any atom is -0.313 e. The molecular weight excluding hydrogens is 604 g/mol. The molecule has 0 fully saturated rings. The number of rotatable bonds is 9. The second kappa shape index (κ2) is 12.8. The Hall–Kier alpha value is -2.87. The molecule has 0 bridgehead atoms. The molecule has 0 saturated carbocycles. The number of hydrogen-bond acceptors (Lipinski definition) is 5. The number of nitrogens with one attached hydrogen (secondary N) is 1. The van der Waals surface area contributed by atoms with Crippen LogP contribution in [0.2, 0.25) is 5.02 Å². The van der Waals surface area contributed by atoms with Crippen molar-refractivity contribution in [1.82, 2.24) is 14.8 Å². The zero-order valence-electron chi connectivity index (χ0n) is 24.1. The normalized spacial score (nSPS) is 12.7. The summed E-state index contributed by atoms with van der Waals surface area (Å²) in [5, 5.41) is 5.31. The van der Waals surface area contributed by atoms with Crippen LogP contribution in [0.3, 0.4) is 0 Å². The van der Waals surface area contributed by atoms with Gasteiger partial charge in [-0.05, 0) is 68.3 Å². The standard InChI is InChI=1S/C31H31ClF4N4S2/c1-18(13-19-14-20(33)16-21(34)15-19)27-23(8-7-22(37-27)11-12-30(2,3)41-5)24-9-10-25(32)26-28(24)40(17-31(4,35)36)38-29(26)39-42-6/h7-10,14-16,18H,13,17H2,1-6H3,(H,38,39). The Bertz CT molecular complexity index is 1650. The molecule has 0 saturated heterocycles. The maximum absolute atomic E-state index is 14.3. The van der Waals surface area contributed by atoms with Crippen molar-refractivity contribution in [2.45, 2.75) is 57.2 Å². The summed E-state index contributed by atoms with van der Waals surface area (Å²) >= 11 is 9.49. The molecule has 0 aliphatic rings. The number of fused-ring (bicyclic) bond motifs is 1. The largest absolute Gasteiger partial charge is 0.313 e. The van der Waals surface area contributed by atoms with Gasteiger partial charge in [0.15, 0.2) is 5.82 Å². The summed E-state index contributed by atoms with van der Waals surface area (Å²) in [5.41, 5.74) is 3.28. The summed E-state index contributed by atoms with van der Waals surface area (Å²) in [5.74, 6) is 2.05. The number of aromatic nitrogens is 3. The van der Waals surface area contributed by atoms with Crippen molar-refractivity contribution in [1.29, 1.82) is 0 Å². The Morgan fingerprint density at radius 3 is 2.31 bits per heavy atom. The summed E-state index contributed by atoms with van der Waals surface area (Å²) in [6.45, 7) is 6.10. The first-order chi connectivity index (χ1) is 19.7. The summed E-state index contributed by atoms with van der Waals surface area (Å²) in [7, 11) is 0. The molecule has 4 rings (SSSR count). The highest BCUT2D eigenvalue weighted by Gasteiger charge is 2.28. The van der Waals surface area contributed by atoms with Gasteiger partial charge in [-0.2, -0.15) is 5.10 Å². The molecule has 42 heavy (non-hydrogen) atoms. The molecule has 2 aromatic heterocycles. The fourth-order valence-corrected chi connectivity index (χ4v) is 5.37. The van der Waals surface area contributed by atoms with Gasteiger partial charge in [0.1, 0.15) is 23.9 Å². The van der Waals surface area contributed by atoms with Crippen LogP contribution in [0, 0.1) is 23.5 Å². The van der Waals surface area contributed by atoms with Crippen LogP contribution in [0.25, 0.3) is 22.0 Å². The number of pyridine rings is 1. The number of halogens is 5. The monoisotopic (exact) mass is 634 g/mol. The van der Waals surface area contributed by atoms with E-state index in [-0.39, 0.29) is 17.1 Å². The quantitative estimate of drug-likeness (QED) is 0.113. The molecule has 2 aromatic carbocycles. The van der Waals surface area contributed by atoms with Gasteiger partial charge < -0.3 is 4.72 Å². The van der Waals surface area contributed by atoms with Crippen LogP contribution in [-0.2, 0) is 13.0 Å².